The van der Waals surface area contributed by atoms with Crippen LogP contribution in [0.3, 0.4) is 0 Å². The number of nitrogens with one attached hydrogen (secondary N) is 1. The molecular formula is C24H34N4O2. The number of carbonyl (C=O) groups excluding carboxylic acids is 1. The van der Waals surface area contributed by atoms with Crippen molar-refractivity contribution >= 4 is 16.8 Å². The fraction of sp³-hybridized carbons (Fsp3) is 0.625. The molecule has 6 heteroatoms. The summed E-state index contributed by atoms with van der Waals surface area (Å²) >= 11 is 0. The quantitative estimate of drug-likeness (QED) is 0.678. The summed E-state index contributed by atoms with van der Waals surface area (Å²) in [5.41, 5.74) is 0.757. The van der Waals surface area contributed by atoms with Gasteiger partial charge in [0, 0.05) is 25.6 Å². The summed E-state index contributed by atoms with van der Waals surface area (Å²) in [5, 5.41) is 3.86. The van der Waals surface area contributed by atoms with Gasteiger partial charge in [0.15, 0.2) is 0 Å². The zero-order chi connectivity index (χ0) is 20.8. The summed E-state index contributed by atoms with van der Waals surface area (Å²) in [6, 6.07) is 8.13. The van der Waals surface area contributed by atoms with Gasteiger partial charge in [-0.2, -0.15) is 0 Å². The molecule has 1 N–H and O–H groups in total. The number of amides is 1. The Balaban J connectivity index is 1.15. The van der Waals surface area contributed by atoms with E-state index >= 15 is 0 Å². The highest BCUT2D eigenvalue weighted by Crippen LogP contribution is 2.30. The number of piperidine rings is 2. The number of hydrogen-bond acceptors (Lipinski definition) is 4. The minimum Gasteiger partial charge on any atom is -0.356 e. The zero-order valence-corrected chi connectivity index (χ0v) is 17.9. The summed E-state index contributed by atoms with van der Waals surface area (Å²) < 4.78 is 1.68. The Bertz CT molecular complexity index is 907. The van der Waals surface area contributed by atoms with Crippen LogP contribution >= 0.6 is 0 Å². The maximum atomic E-state index is 12.5. The lowest BCUT2D eigenvalue weighted by atomic mass is 9.83. The molecule has 2 aromatic rings. The van der Waals surface area contributed by atoms with Gasteiger partial charge in [0.25, 0.3) is 5.56 Å². The summed E-state index contributed by atoms with van der Waals surface area (Å²) in [6.45, 7) is 3.96. The molecule has 0 unspecified atom stereocenters. The summed E-state index contributed by atoms with van der Waals surface area (Å²) in [6.07, 6.45) is 11.4. The zero-order valence-electron chi connectivity index (χ0n) is 17.9. The molecule has 0 spiro atoms. The number of carbonyl (C=O) groups is 1. The van der Waals surface area contributed by atoms with Crippen LogP contribution in [-0.2, 0) is 11.3 Å². The second-order valence-corrected chi connectivity index (χ2v) is 8.88. The standard InChI is InChI=1S/C24H34N4O2/c29-23(25-17-19-9-8-16-27-14-7-5-12-22(19)27)13-2-1-6-15-28-18-26-21-11-4-3-10-20(21)24(28)30/h3-4,10-11,18-19,22H,1-2,5-9,12-17H2,(H,25,29)/t19-,22+/m0/s1. The van der Waals surface area contributed by atoms with Gasteiger partial charge in [-0.25, -0.2) is 4.98 Å². The van der Waals surface area contributed by atoms with Gasteiger partial charge in [0.1, 0.15) is 0 Å². The van der Waals surface area contributed by atoms with Gasteiger partial charge in [0.05, 0.1) is 17.2 Å². The van der Waals surface area contributed by atoms with Crippen LogP contribution in [0.15, 0.2) is 35.4 Å². The number of nitrogens with zero attached hydrogens (tertiary/aromatic N) is 3. The highest BCUT2D eigenvalue weighted by atomic mass is 16.1. The van der Waals surface area contributed by atoms with E-state index in [1.165, 1.54) is 45.2 Å². The van der Waals surface area contributed by atoms with Gasteiger partial charge < -0.3 is 10.2 Å². The molecule has 0 bridgehead atoms. The van der Waals surface area contributed by atoms with Crippen molar-refractivity contribution in [3.63, 3.8) is 0 Å². The molecule has 2 fully saturated rings. The van der Waals surface area contributed by atoms with Gasteiger partial charge in [-0.1, -0.05) is 25.0 Å². The number of rotatable bonds is 8. The first kappa shape index (κ1) is 21.0. The predicted molar refractivity (Wildman–Crippen MR) is 119 cm³/mol. The molecule has 0 saturated carbocycles. The molecule has 2 saturated heterocycles. The first-order valence-corrected chi connectivity index (χ1v) is 11.7. The Morgan fingerprint density at radius 3 is 2.87 bits per heavy atom. The topological polar surface area (TPSA) is 67.2 Å². The lowest BCUT2D eigenvalue weighted by Gasteiger charge is -2.44. The summed E-state index contributed by atoms with van der Waals surface area (Å²) in [5.74, 6) is 0.794. The van der Waals surface area contributed by atoms with Crippen LogP contribution in [0.5, 0.6) is 0 Å². The fourth-order valence-corrected chi connectivity index (χ4v) is 5.16. The first-order chi connectivity index (χ1) is 14.7. The molecule has 2 aliphatic rings. The average molecular weight is 411 g/mol. The van der Waals surface area contributed by atoms with E-state index in [1.807, 2.05) is 24.3 Å². The highest BCUT2D eigenvalue weighted by Gasteiger charge is 2.32. The van der Waals surface area contributed by atoms with Crippen LogP contribution < -0.4 is 10.9 Å². The summed E-state index contributed by atoms with van der Waals surface area (Å²) in [7, 11) is 0. The SMILES string of the molecule is O=C(CCCCCn1cnc2ccccc2c1=O)NC[C@@H]1CCCN2CCCC[C@H]12. The molecule has 30 heavy (non-hydrogen) atoms. The van der Waals surface area contributed by atoms with Crippen molar-refractivity contribution in [2.45, 2.75) is 70.4 Å². The smallest absolute Gasteiger partial charge is 0.261 e. The van der Waals surface area contributed by atoms with Crippen molar-refractivity contribution < 1.29 is 4.79 Å². The van der Waals surface area contributed by atoms with Gasteiger partial charge in [-0.3, -0.25) is 14.2 Å². The lowest BCUT2D eigenvalue weighted by molar-refractivity contribution is -0.121. The van der Waals surface area contributed by atoms with E-state index in [0.29, 0.717) is 30.3 Å². The van der Waals surface area contributed by atoms with E-state index in [9.17, 15) is 9.59 Å². The monoisotopic (exact) mass is 410 g/mol. The number of aryl methyl sites for hydroxylation is 1. The van der Waals surface area contributed by atoms with Gasteiger partial charge in [-0.05, 0) is 69.7 Å². The third-order valence-corrected chi connectivity index (χ3v) is 6.82. The third kappa shape index (κ3) is 5.09. The average Bonchev–Trinajstić information content (AvgIpc) is 2.79. The fourth-order valence-electron chi connectivity index (χ4n) is 5.16. The molecule has 1 aromatic heterocycles. The number of aromatic nitrogens is 2. The minimum atomic E-state index is 0.0163. The van der Waals surface area contributed by atoms with Crippen LogP contribution in [-0.4, -0.2) is 46.0 Å². The number of para-hydroxylation sites is 1. The van der Waals surface area contributed by atoms with E-state index in [1.54, 1.807) is 10.9 Å². The molecule has 162 valence electrons. The van der Waals surface area contributed by atoms with Gasteiger partial charge in [-0.15, -0.1) is 0 Å². The van der Waals surface area contributed by atoms with Crippen molar-refractivity contribution in [2.75, 3.05) is 19.6 Å². The highest BCUT2D eigenvalue weighted by molar-refractivity contribution is 5.77. The Labute approximate surface area is 178 Å². The van der Waals surface area contributed by atoms with E-state index in [-0.39, 0.29) is 11.5 Å². The number of benzene rings is 1. The predicted octanol–water partition coefficient (Wildman–Crippen LogP) is 3.34. The van der Waals surface area contributed by atoms with Crippen LogP contribution in [0.2, 0.25) is 0 Å². The van der Waals surface area contributed by atoms with Crippen molar-refractivity contribution in [1.82, 2.24) is 19.8 Å². The molecule has 1 amide bonds. The maximum Gasteiger partial charge on any atom is 0.261 e. The molecule has 0 aliphatic carbocycles. The van der Waals surface area contributed by atoms with Crippen LogP contribution in [0.4, 0.5) is 0 Å². The second-order valence-electron chi connectivity index (χ2n) is 8.88. The van der Waals surface area contributed by atoms with E-state index < -0.39 is 0 Å². The molecule has 0 radical (unpaired) electrons. The third-order valence-electron chi connectivity index (χ3n) is 6.82. The Morgan fingerprint density at radius 2 is 1.93 bits per heavy atom. The second kappa shape index (κ2) is 10.2. The Hall–Kier alpha value is -2.21. The molecule has 6 nitrogen and oxygen atoms in total. The van der Waals surface area contributed by atoms with Gasteiger partial charge >= 0.3 is 0 Å². The Morgan fingerprint density at radius 1 is 1.07 bits per heavy atom. The number of unbranched alkanes of at least 4 members (excludes halogenated alkanes) is 2. The molecule has 4 rings (SSSR count). The lowest BCUT2D eigenvalue weighted by Crippen LogP contribution is -2.50. The van der Waals surface area contributed by atoms with Crippen LogP contribution in [0.1, 0.15) is 57.8 Å². The first-order valence-electron chi connectivity index (χ1n) is 11.7. The molecule has 1 aromatic carbocycles. The molecular weight excluding hydrogens is 376 g/mol. The van der Waals surface area contributed by atoms with E-state index in [4.69, 9.17) is 0 Å². The van der Waals surface area contributed by atoms with Crippen molar-refractivity contribution in [3.8, 4) is 0 Å². The normalized spacial score (nSPS) is 22.0. The molecule has 2 aliphatic heterocycles. The molecule has 3 heterocycles. The van der Waals surface area contributed by atoms with Crippen molar-refractivity contribution in [2.24, 2.45) is 5.92 Å². The van der Waals surface area contributed by atoms with Crippen molar-refractivity contribution in [3.05, 3.63) is 40.9 Å². The van der Waals surface area contributed by atoms with Crippen LogP contribution in [0, 0.1) is 5.92 Å². The molecule has 2 atom stereocenters. The Kier molecular flexibility index (Phi) is 7.16. The summed E-state index contributed by atoms with van der Waals surface area (Å²) in [4.78, 5) is 31.8. The van der Waals surface area contributed by atoms with Crippen LogP contribution in [0.25, 0.3) is 10.9 Å². The minimum absolute atomic E-state index is 0.0163. The van der Waals surface area contributed by atoms with Crippen molar-refractivity contribution in [1.29, 1.82) is 0 Å². The van der Waals surface area contributed by atoms with E-state index in [0.717, 1.165) is 31.3 Å². The largest absolute Gasteiger partial charge is 0.356 e. The number of fused-ring (bicyclic) bond motifs is 2. The van der Waals surface area contributed by atoms with E-state index in [2.05, 4.69) is 15.2 Å². The maximum absolute atomic E-state index is 12.5. The number of hydrogen-bond donors (Lipinski definition) is 1. The van der Waals surface area contributed by atoms with Gasteiger partial charge in [0.2, 0.25) is 5.91 Å².